The number of hydrogen-bond acceptors (Lipinski definition) is 2. The average Bonchev–Trinajstić information content (AvgIpc) is 2.36. The molecule has 19 heavy (non-hydrogen) atoms. The minimum absolute atomic E-state index is 0.0157. The SMILES string of the molecule is CCN(C)C(=NC(=O)c1cccc(C)c1)OC(C)C. The molecule has 0 radical (unpaired) electrons. The highest BCUT2D eigenvalue weighted by molar-refractivity contribution is 6.01. The molecule has 1 aromatic carbocycles. The Morgan fingerprint density at radius 2 is 2.11 bits per heavy atom. The molecule has 0 saturated heterocycles. The molecule has 104 valence electrons. The number of nitrogens with zero attached hydrogens (tertiary/aromatic N) is 2. The lowest BCUT2D eigenvalue weighted by molar-refractivity contribution is 0.0990. The van der Waals surface area contributed by atoms with Crippen LogP contribution in [0, 0.1) is 6.92 Å². The Labute approximate surface area is 115 Å². The minimum Gasteiger partial charge on any atom is -0.462 e. The molecule has 0 heterocycles. The molecule has 1 aromatic rings. The number of carbonyl (C=O) groups is 1. The van der Waals surface area contributed by atoms with E-state index in [1.807, 2.05) is 57.8 Å². The molecule has 4 nitrogen and oxygen atoms in total. The summed E-state index contributed by atoms with van der Waals surface area (Å²) < 4.78 is 5.58. The van der Waals surface area contributed by atoms with E-state index >= 15 is 0 Å². The van der Waals surface area contributed by atoms with Crippen LogP contribution in [0.4, 0.5) is 0 Å². The van der Waals surface area contributed by atoms with Crippen molar-refractivity contribution in [3.8, 4) is 0 Å². The molecule has 0 fully saturated rings. The summed E-state index contributed by atoms with van der Waals surface area (Å²) in [4.78, 5) is 18.0. The summed E-state index contributed by atoms with van der Waals surface area (Å²) in [5, 5.41) is 0. The number of rotatable bonds is 3. The van der Waals surface area contributed by atoms with Gasteiger partial charge >= 0.3 is 0 Å². The van der Waals surface area contributed by atoms with Gasteiger partial charge in [0.25, 0.3) is 11.9 Å². The van der Waals surface area contributed by atoms with Gasteiger partial charge in [0.05, 0.1) is 6.10 Å². The lowest BCUT2D eigenvalue weighted by Gasteiger charge is -2.21. The van der Waals surface area contributed by atoms with E-state index in [9.17, 15) is 4.79 Å². The van der Waals surface area contributed by atoms with Crippen LogP contribution < -0.4 is 0 Å². The molecule has 4 heteroatoms. The second-order valence-corrected chi connectivity index (χ2v) is 4.75. The topological polar surface area (TPSA) is 41.9 Å². The van der Waals surface area contributed by atoms with Crippen LogP contribution in [0.25, 0.3) is 0 Å². The van der Waals surface area contributed by atoms with Crippen molar-refractivity contribution < 1.29 is 9.53 Å². The van der Waals surface area contributed by atoms with Crippen molar-refractivity contribution >= 4 is 11.9 Å². The van der Waals surface area contributed by atoms with E-state index in [0.29, 0.717) is 11.6 Å². The standard InChI is InChI=1S/C15H22N2O2/c1-6-17(5)15(19-11(2)3)16-14(18)13-9-7-8-12(4)10-13/h7-11H,6H2,1-5H3. The summed E-state index contributed by atoms with van der Waals surface area (Å²) in [6, 6.07) is 7.75. The molecule has 0 aliphatic rings. The molecule has 0 aliphatic carbocycles. The summed E-state index contributed by atoms with van der Waals surface area (Å²) in [5.41, 5.74) is 1.62. The third-order valence-electron chi connectivity index (χ3n) is 2.60. The van der Waals surface area contributed by atoms with Gasteiger partial charge in [-0.05, 0) is 39.8 Å². The maximum Gasteiger partial charge on any atom is 0.295 e. The Morgan fingerprint density at radius 1 is 1.42 bits per heavy atom. The Bertz CT molecular complexity index is 467. The molecule has 0 aliphatic heterocycles. The van der Waals surface area contributed by atoms with Gasteiger partial charge in [-0.3, -0.25) is 4.79 Å². The fourth-order valence-corrected chi connectivity index (χ4v) is 1.48. The third-order valence-corrected chi connectivity index (χ3v) is 2.60. The van der Waals surface area contributed by atoms with Gasteiger partial charge in [0.1, 0.15) is 0 Å². The summed E-state index contributed by atoms with van der Waals surface area (Å²) in [6.07, 6.45) is -0.0157. The van der Waals surface area contributed by atoms with Gasteiger partial charge in [-0.2, -0.15) is 4.99 Å². The molecular weight excluding hydrogens is 240 g/mol. The summed E-state index contributed by atoms with van der Waals surface area (Å²) in [5.74, 6) is -0.278. The molecule has 0 N–H and O–H groups in total. The Balaban J connectivity index is 2.97. The van der Waals surface area contributed by atoms with Crippen LogP contribution in [0.3, 0.4) is 0 Å². The molecule has 0 saturated carbocycles. The van der Waals surface area contributed by atoms with Gasteiger partial charge in [0, 0.05) is 19.2 Å². The quantitative estimate of drug-likeness (QED) is 0.621. The van der Waals surface area contributed by atoms with Crippen LogP contribution in [0.15, 0.2) is 29.3 Å². The van der Waals surface area contributed by atoms with Crippen molar-refractivity contribution in [1.82, 2.24) is 4.90 Å². The predicted molar refractivity (Wildman–Crippen MR) is 77.5 cm³/mol. The average molecular weight is 262 g/mol. The minimum atomic E-state index is -0.278. The first-order chi connectivity index (χ1) is 8.93. The van der Waals surface area contributed by atoms with E-state index in [1.165, 1.54) is 0 Å². The Morgan fingerprint density at radius 3 is 2.63 bits per heavy atom. The van der Waals surface area contributed by atoms with E-state index in [0.717, 1.165) is 12.1 Å². The number of hydrogen-bond donors (Lipinski definition) is 0. The number of ether oxygens (including phenoxy) is 1. The largest absolute Gasteiger partial charge is 0.462 e. The van der Waals surface area contributed by atoms with E-state index in [4.69, 9.17) is 4.74 Å². The van der Waals surface area contributed by atoms with Crippen molar-refractivity contribution in [3.63, 3.8) is 0 Å². The molecule has 0 bridgehead atoms. The molecule has 0 unspecified atom stereocenters. The van der Waals surface area contributed by atoms with Crippen LogP contribution in [-0.4, -0.2) is 36.5 Å². The van der Waals surface area contributed by atoms with E-state index < -0.39 is 0 Å². The second-order valence-electron chi connectivity index (χ2n) is 4.75. The molecule has 1 rings (SSSR count). The van der Waals surface area contributed by atoms with E-state index in [-0.39, 0.29) is 12.0 Å². The maximum atomic E-state index is 12.1. The molecular formula is C15H22N2O2. The summed E-state index contributed by atoms with van der Waals surface area (Å²) >= 11 is 0. The van der Waals surface area contributed by atoms with Crippen molar-refractivity contribution in [1.29, 1.82) is 0 Å². The smallest absolute Gasteiger partial charge is 0.295 e. The van der Waals surface area contributed by atoms with E-state index in [2.05, 4.69) is 4.99 Å². The van der Waals surface area contributed by atoms with Crippen molar-refractivity contribution in [2.24, 2.45) is 4.99 Å². The van der Waals surface area contributed by atoms with E-state index in [1.54, 1.807) is 6.07 Å². The van der Waals surface area contributed by atoms with Gasteiger partial charge < -0.3 is 9.64 Å². The highest BCUT2D eigenvalue weighted by Gasteiger charge is 2.12. The third kappa shape index (κ3) is 4.73. The van der Waals surface area contributed by atoms with Gasteiger partial charge in [-0.15, -0.1) is 0 Å². The zero-order valence-electron chi connectivity index (χ0n) is 12.3. The first-order valence-electron chi connectivity index (χ1n) is 6.51. The number of benzene rings is 1. The maximum absolute atomic E-state index is 12.1. The highest BCUT2D eigenvalue weighted by atomic mass is 16.5. The zero-order valence-corrected chi connectivity index (χ0v) is 12.3. The fraction of sp³-hybridized carbons (Fsp3) is 0.467. The summed E-state index contributed by atoms with van der Waals surface area (Å²) in [7, 11) is 1.85. The molecule has 1 amide bonds. The monoisotopic (exact) mass is 262 g/mol. The molecule has 0 aromatic heterocycles. The van der Waals surface area contributed by atoms with Crippen molar-refractivity contribution in [3.05, 3.63) is 35.4 Å². The van der Waals surface area contributed by atoms with Gasteiger partial charge in [0.2, 0.25) is 0 Å². The first-order valence-corrected chi connectivity index (χ1v) is 6.51. The first kappa shape index (κ1) is 15.2. The number of aliphatic imine (C=N–C) groups is 1. The summed E-state index contributed by atoms with van der Waals surface area (Å²) in [6.45, 7) is 8.49. The van der Waals surface area contributed by atoms with Gasteiger partial charge in [0.15, 0.2) is 0 Å². The Hall–Kier alpha value is -1.84. The highest BCUT2D eigenvalue weighted by Crippen LogP contribution is 2.07. The molecule has 0 atom stereocenters. The normalized spacial score (nSPS) is 11.6. The van der Waals surface area contributed by atoms with Crippen LogP contribution in [0.2, 0.25) is 0 Å². The number of amidine groups is 1. The number of amides is 1. The number of aryl methyl sites for hydroxylation is 1. The van der Waals surface area contributed by atoms with Gasteiger partial charge in [-0.1, -0.05) is 17.7 Å². The van der Waals surface area contributed by atoms with Gasteiger partial charge in [-0.25, -0.2) is 0 Å². The zero-order chi connectivity index (χ0) is 14.4. The van der Waals surface area contributed by atoms with Crippen LogP contribution in [0.5, 0.6) is 0 Å². The lowest BCUT2D eigenvalue weighted by atomic mass is 10.1. The van der Waals surface area contributed by atoms with Crippen LogP contribution in [0.1, 0.15) is 36.7 Å². The van der Waals surface area contributed by atoms with Crippen LogP contribution >= 0.6 is 0 Å². The number of carbonyl (C=O) groups excluding carboxylic acids is 1. The fourth-order valence-electron chi connectivity index (χ4n) is 1.48. The van der Waals surface area contributed by atoms with Crippen molar-refractivity contribution in [2.75, 3.05) is 13.6 Å². The lowest BCUT2D eigenvalue weighted by Crippen LogP contribution is -2.31. The van der Waals surface area contributed by atoms with Crippen LogP contribution in [-0.2, 0) is 4.74 Å². The van der Waals surface area contributed by atoms with Crippen molar-refractivity contribution in [2.45, 2.75) is 33.8 Å². The second kappa shape index (κ2) is 6.92. The molecule has 0 spiro atoms. The predicted octanol–water partition coefficient (Wildman–Crippen LogP) is 2.87. The Kier molecular flexibility index (Phi) is 5.55.